The summed E-state index contributed by atoms with van der Waals surface area (Å²) in [5.41, 5.74) is 1.62. The van der Waals surface area contributed by atoms with Crippen LogP contribution in [0.4, 0.5) is 4.79 Å². The van der Waals surface area contributed by atoms with Crippen LogP contribution in [0.1, 0.15) is 24.6 Å². The molecule has 3 rings (SSSR count). The Balaban J connectivity index is 2.12. The van der Waals surface area contributed by atoms with E-state index in [1.54, 1.807) is 18.6 Å². The van der Waals surface area contributed by atoms with E-state index in [0.717, 1.165) is 24.1 Å². The van der Waals surface area contributed by atoms with Gasteiger partial charge in [-0.15, -0.1) is 0 Å². The van der Waals surface area contributed by atoms with Crippen LogP contribution in [0.3, 0.4) is 0 Å². The third-order valence-corrected chi connectivity index (χ3v) is 3.81. The van der Waals surface area contributed by atoms with Gasteiger partial charge in [0.05, 0.1) is 23.4 Å². The molecule has 0 aromatic carbocycles. The molecule has 0 aliphatic carbocycles. The minimum Gasteiger partial charge on any atom is -0.465 e. The quantitative estimate of drug-likeness (QED) is 0.877. The van der Waals surface area contributed by atoms with Gasteiger partial charge in [0.25, 0.3) is 0 Å². The Morgan fingerprint density at radius 2 is 2.39 bits per heavy atom. The van der Waals surface area contributed by atoms with Gasteiger partial charge in [0.2, 0.25) is 0 Å². The van der Waals surface area contributed by atoms with Gasteiger partial charge in [-0.2, -0.15) is 0 Å². The molecule has 1 unspecified atom stereocenters. The van der Waals surface area contributed by atoms with Crippen LogP contribution in [0, 0.1) is 0 Å². The van der Waals surface area contributed by atoms with E-state index in [-0.39, 0.29) is 6.04 Å². The van der Waals surface area contributed by atoms with Crippen molar-refractivity contribution in [2.45, 2.75) is 18.9 Å². The summed E-state index contributed by atoms with van der Waals surface area (Å²) in [5, 5.41) is 9.19. The second kappa shape index (κ2) is 4.24. The summed E-state index contributed by atoms with van der Waals surface area (Å²) in [4.78, 5) is 21.2. The number of hydrogen-bond donors (Lipinski definition) is 1. The summed E-state index contributed by atoms with van der Waals surface area (Å²) in [6, 6.07) is -0.173. The summed E-state index contributed by atoms with van der Waals surface area (Å²) in [6.07, 6.45) is 5.97. The van der Waals surface area contributed by atoms with Crippen molar-refractivity contribution in [1.29, 1.82) is 0 Å². The van der Waals surface area contributed by atoms with Crippen LogP contribution in [0.2, 0.25) is 0 Å². The summed E-state index contributed by atoms with van der Waals surface area (Å²) in [5.74, 6) is 0. The van der Waals surface area contributed by atoms with Gasteiger partial charge >= 0.3 is 6.09 Å². The van der Waals surface area contributed by atoms with Gasteiger partial charge in [-0.05, 0) is 28.8 Å². The van der Waals surface area contributed by atoms with Crippen molar-refractivity contribution >= 4 is 27.5 Å². The molecule has 2 aromatic heterocycles. The molecule has 1 aliphatic rings. The molecule has 1 N–H and O–H groups in total. The lowest BCUT2D eigenvalue weighted by Gasteiger charge is -2.19. The number of imidazole rings is 1. The predicted molar refractivity (Wildman–Crippen MR) is 67.4 cm³/mol. The van der Waals surface area contributed by atoms with E-state index >= 15 is 0 Å². The maximum atomic E-state index is 11.2. The monoisotopic (exact) mass is 310 g/mol. The lowest BCUT2D eigenvalue weighted by Crippen LogP contribution is -2.29. The number of carboxylic acid groups (broad SMARTS) is 1. The molecule has 1 fully saturated rings. The molecule has 18 heavy (non-hydrogen) atoms. The average Bonchev–Trinajstić information content (AvgIpc) is 2.95. The fourth-order valence-corrected chi connectivity index (χ4v) is 2.95. The number of amides is 1. The Morgan fingerprint density at radius 3 is 3.17 bits per heavy atom. The molecule has 6 nitrogen and oxygen atoms in total. The van der Waals surface area contributed by atoms with E-state index < -0.39 is 6.09 Å². The highest BCUT2D eigenvalue weighted by atomic mass is 79.9. The third kappa shape index (κ3) is 1.66. The van der Waals surface area contributed by atoms with E-state index in [1.807, 2.05) is 4.40 Å². The van der Waals surface area contributed by atoms with E-state index in [2.05, 4.69) is 25.9 Å². The molecule has 94 valence electrons. The van der Waals surface area contributed by atoms with E-state index in [0.29, 0.717) is 11.3 Å². The second-order valence-electron chi connectivity index (χ2n) is 4.23. The first-order chi connectivity index (χ1) is 8.68. The van der Waals surface area contributed by atoms with Crippen molar-refractivity contribution in [3.63, 3.8) is 0 Å². The molecular formula is C11H11BrN4O2. The Morgan fingerprint density at radius 1 is 1.56 bits per heavy atom. The van der Waals surface area contributed by atoms with Crippen LogP contribution in [0.25, 0.3) is 5.52 Å². The van der Waals surface area contributed by atoms with Crippen molar-refractivity contribution in [2.75, 3.05) is 6.54 Å². The molecule has 1 aliphatic heterocycles. The van der Waals surface area contributed by atoms with Gasteiger partial charge in [0, 0.05) is 18.9 Å². The number of hydrogen-bond acceptors (Lipinski definition) is 3. The second-order valence-corrected chi connectivity index (χ2v) is 4.94. The molecule has 3 heterocycles. The molecule has 0 radical (unpaired) electrons. The van der Waals surface area contributed by atoms with Gasteiger partial charge in [-0.3, -0.25) is 14.3 Å². The standard InChI is InChI=1S/C11H11BrN4O2/c12-10-14-9(8-6-13-3-5-15(8)10)7-2-1-4-16(7)11(17)18/h3,5-7H,1-2,4H2,(H,17,18). The van der Waals surface area contributed by atoms with Crippen LogP contribution >= 0.6 is 15.9 Å². The lowest BCUT2D eigenvalue weighted by atomic mass is 10.1. The largest absolute Gasteiger partial charge is 0.465 e. The first-order valence-electron chi connectivity index (χ1n) is 5.65. The number of fused-ring (bicyclic) bond motifs is 1. The van der Waals surface area contributed by atoms with Crippen LogP contribution in [0.5, 0.6) is 0 Å². The molecule has 7 heteroatoms. The lowest BCUT2D eigenvalue weighted by molar-refractivity contribution is 0.140. The van der Waals surface area contributed by atoms with Gasteiger partial charge in [0.1, 0.15) is 0 Å². The number of likely N-dealkylation sites (tertiary alicyclic amines) is 1. The Kier molecular flexibility index (Phi) is 2.70. The first kappa shape index (κ1) is 11.5. The van der Waals surface area contributed by atoms with Crippen molar-refractivity contribution < 1.29 is 9.90 Å². The predicted octanol–water partition coefficient (Wildman–Crippen LogP) is 2.31. The van der Waals surface area contributed by atoms with Gasteiger partial charge in [-0.25, -0.2) is 9.78 Å². The van der Waals surface area contributed by atoms with Gasteiger partial charge in [-0.1, -0.05) is 0 Å². The summed E-state index contributed by atoms with van der Waals surface area (Å²) < 4.78 is 2.54. The van der Waals surface area contributed by atoms with Gasteiger partial charge < -0.3 is 5.11 Å². The molecule has 0 saturated carbocycles. The Bertz CT molecular complexity index is 612. The number of aromatic nitrogens is 3. The summed E-state index contributed by atoms with van der Waals surface area (Å²) in [7, 11) is 0. The molecule has 2 aromatic rings. The summed E-state index contributed by atoms with van der Waals surface area (Å²) >= 11 is 3.38. The molecular weight excluding hydrogens is 300 g/mol. The zero-order valence-corrected chi connectivity index (χ0v) is 11.0. The molecule has 1 amide bonds. The van der Waals surface area contributed by atoms with E-state index in [1.165, 1.54) is 4.90 Å². The minimum atomic E-state index is -0.890. The minimum absolute atomic E-state index is 0.173. The maximum Gasteiger partial charge on any atom is 0.407 e. The highest BCUT2D eigenvalue weighted by molar-refractivity contribution is 9.10. The third-order valence-electron chi connectivity index (χ3n) is 3.25. The average molecular weight is 311 g/mol. The van der Waals surface area contributed by atoms with E-state index in [9.17, 15) is 9.90 Å². The number of carbonyl (C=O) groups is 1. The normalized spacial score (nSPS) is 19.6. The topological polar surface area (TPSA) is 70.7 Å². The van der Waals surface area contributed by atoms with Crippen LogP contribution in [-0.2, 0) is 0 Å². The Labute approximate surface area is 111 Å². The van der Waals surface area contributed by atoms with E-state index in [4.69, 9.17) is 0 Å². The summed E-state index contributed by atoms with van der Waals surface area (Å²) in [6.45, 7) is 0.566. The molecule has 0 spiro atoms. The molecule has 1 atom stereocenters. The van der Waals surface area contributed by atoms with Crippen molar-refractivity contribution in [3.05, 3.63) is 29.0 Å². The van der Waals surface area contributed by atoms with Gasteiger partial charge in [0.15, 0.2) is 4.73 Å². The number of halogens is 1. The molecule has 0 bridgehead atoms. The fraction of sp³-hybridized carbons (Fsp3) is 0.364. The zero-order chi connectivity index (χ0) is 12.7. The number of nitrogens with zero attached hydrogens (tertiary/aromatic N) is 4. The fourth-order valence-electron chi connectivity index (χ4n) is 2.45. The SMILES string of the molecule is O=C(O)N1CCCC1c1nc(Br)n2ccncc12. The van der Waals surface area contributed by atoms with Crippen LogP contribution in [-0.4, -0.2) is 37.0 Å². The smallest absolute Gasteiger partial charge is 0.407 e. The van der Waals surface area contributed by atoms with Crippen LogP contribution in [0.15, 0.2) is 23.3 Å². The van der Waals surface area contributed by atoms with Crippen LogP contribution < -0.4 is 0 Å². The maximum absolute atomic E-state index is 11.2. The van der Waals surface area contributed by atoms with Crippen molar-refractivity contribution in [2.24, 2.45) is 0 Å². The van der Waals surface area contributed by atoms with Crippen molar-refractivity contribution in [1.82, 2.24) is 19.3 Å². The zero-order valence-electron chi connectivity index (χ0n) is 9.45. The first-order valence-corrected chi connectivity index (χ1v) is 6.45. The highest BCUT2D eigenvalue weighted by Gasteiger charge is 2.33. The highest BCUT2D eigenvalue weighted by Crippen LogP contribution is 2.34. The number of rotatable bonds is 1. The molecule has 1 saturated heterocycles. The van der Waals surface area contributed by atoms with Crippen molar-refractivity contribution in [3.8, 4) is 0 Å². The Hall–Kier alpha value is -1.63.